The minimum Gasteiger partial charge on any atom is -0.374 e. The number of benzene rings is 1. The highest BCUT2D eigenvalue weighted by molar-refractivity contribution is 5.88. The SMILES string of the molecule is CC(=O)Nc1ccc(CNC[C@H]2CN(CC(C)C)CCO2)cc1. The highest BCUT2D eigenvalue weighted by Crippen LogP contribution is 2.10. The summed E-state index contributed by atoms with van der Waals surface area (Å²) in [6, 6.07) is 7.93. The van der Waals surface area contributed by atoms with E-state index < -0.39 is 0 Å². The van der Waals surface area contributed by atoms with Crippen LogP contribution >= 0.6 is 0 Å². The van der Waals surface area contributed by atoms with Crippen LogP contribution in [0.5, 0.6) is 0 Å². The smallest absolute Gasteiger partial charge is 0.221 e. The Kier molecular flexibility index (Phi) is 7.02. The molecule has 2 N–H and O–H groups in total. The molecule has 0 bridgehead atoms. The first kappa shape index (κ1) is 17.9. The predicted octanol–water partition coefficient (Wildman–Crippen LogP) is 2.09. The number of hydrogen-bond acceptors (Lipinski definition) is 4. The van der Waals surface area contributed by atoms with Gasteiger partial charge in [-0.2, -0.15) is 0 Å². The monoisotopic (exact) mass is 319 g/mol. The fourth-order valence-corrected chi connectivity index (χ4v) is 2.87. The van der Waals surface area contributed by atoms with Crippen LogP contribution in [-0.4, -0.2) is 49.7 Å². The van der Waals surface area contributed by atoms with Crippen molar-refractivity contribution in [2.45, 2.75) is 33.4 Å². The number of anilines is 1. The fourth-order valence-electron chi connectivity index (χ4n) is 2.87. The Hall–Kier alpha value is -1.43. The van der Waals surface area contributed by atoms with Gasteiger partial charge < -0.3 is 15.4 Å². The summed E-state index contributed by atoms with van der Waals surface area (Å²) in [5.41, 5.74) is 2.04. The summed E-state index contributed by atoms with van der Waals surface area (Å²) in [6.45, 7) is 11.7. The number of nitrogens with one attached hydrogen (secondary N) is 2. The predicted molar refractivity (Wildman–Crippen MR) is 93.5 cm³/mol. The zero-order valence-electron chi connectivity index (χ0n) is 14.5. The molecule has 5 heteroatoms. The van der Waals surface area contributed by atoms with Crippen molar-refractivity contribution in [2.24, 2.45) is 5.92 Å². The fraction of sp³-hybridized carbons (Fsp3) is 0.611. The Balaban J connectivity index is 1.71. The van der Waals surface area contributed by atoms with Crippen molar-refractivity contribution >= 4 is 11.6 Å². The molecule has 1 aromatic rings. The molecule has 1 saturated heterocycles. The molecule has 5 nitrogen and oxygen atoms in total. The van der Waals surface area contributed by atoms with E-state index in [9.17, 15) is 4.79 Å². The zero-order chi connectivity index (χ0) is 16.7. The zero-order valence-corrected chi connectivity index (χ0v) is 14.5. The topological polar surface area (TPSA) is 53.6 Å². The number of morpholine rings is 1. The van der Waals surface area contributed by atoms with Crippen molar-refractivity contribution in [3.8, 4) is 0 Å². The first-order chi connectivity index (χ1) is 11.0. The van der Waals surface area contributed by atoms with E-state index in [1.54, 1.807) is 0 Å². The van der Waals surface area contributed by atoms with Crippen LogP contribution in [0.15, 0.2) is 24.3 Å². The average Bonchev–Trinajstić information content (AvgIpc) is 2.48. The number of carbonyl (C=O) groups is 1. The van der Waals surface area contributed by atoms with E-state index in [2.05, 4.69) is 29.4 Å². The lowest BCUT2D eigenvalue weighted by Gasteiger charge is -2.34. The maximum atomic E-state index is 11.0. The van der Waals surface area contributed by atoms with Gasteiger partial charge in [-0.25, -0.2) is 0 Å². The van der Waals surface area contributed by atoms with E-state index >= 15 is 0 Å². The number of hydrogen-bond donors (Lipinski definition) is 2. The first-order valence-electron chi connectivity index (χ1n) is 8.44. The number of amides is 1. The van der Waals surface area contributed by atoms with Gasteiger partial charge in [0, 0.05) is 45.3 Å². The standard InChI is InChI=1S/C18H29N3O2/c1-14(2)12-21-8-9-23-18(13-21)11-19-10-16-4-6-17(7-5-16)20-15(3)22/h4-7,14,18-19H,8-13H2,1-3H3,(H,20,22)/t18-/m0/s1. The molecule has 0 aromatic heterocycles. The van der Waals surface area contributed by atoms with Crippen molar-refractivity contribution in [1.29, 1.82) is 0 Å². The molecular weight excluding hydrogens is 290 g/mol. The summed E-state index contributed by atoms with van der Waals surface area (Å²) in [4.78, 5) is 13.5. The lowest BCUT2D eigenvalue weighted by Crippen LogP contribution is -2.47. The third-order valence-corrected chi connectivity index (χ3v) is 3.82. The summed E-state index contributed by atoms with van der Waals surface area (Å²) in [6.07, 6.45) is 0.265. The molecule has 1 aliphatic heterocycles. The van der Waals surface area contributed by atoms with Gasteiger partial charge in [-0.15, -0.1) is 0 Å². The van der Waals surface area contributed by atoms with E-state index in [4.69, 9.17) is 4.74 Å². The second-order valence-electron chi connectivity index (χ2n) is 6.66. The summed E-state index contributed by atoms with van der Waals surface area (Å²) in [7, 11) is 0. The van der Waals surface area contributed by atoms with Gasteiger partial charge in [0.15, 0.2) is 0 Å². The summed E-state index contributed by atoms with van der Waals surface area (Å²) in [5, 5.41) is 6.24. The molecule has 1 atom stereocenters. The van der Waals surface area contributed by atoms with Crippen LogP contribution in [-0.2, 0) is 16.1 Å². The van der Waals surface area contributed by atoms with Crippen LogP contribution in [0.1, 0.15) is 26.3 Å². The Morgan fingerprint density at radius 1 is 1.35 bits per heavy atom. The van der Waals surface area contributed by atoms with Gasteiger partial charge in [0.1, 0.15) is 0 Å². The molecule has 1 fully saturated rings. The van der Waals surface area contributed by atoms with Crippen LogP contribution in [0.4, 0.5) is 5.69 Å². The van der Waals surface area contributed by atoms with Gasteiger partial charge in [0.05, 0.1) is 12.7 Å². The molecular formula is C18H29N3O2. The van der Waals surface area contributed by atoms with E-state index in [0.717, 1.165) is 45.0 Å². The molecule has 1 aromatic carbocycles. The van der Waals surface area contributed by atoms with Crippen LogP contribution in [0, 0.1) is 5.92 Å². The normalized spacial score (nSPS) is 19.0. The summed E-state index contributed by atoms with van der Waals surface area (Å²) >= 11 is 0. The molecule has 1 aliphatic rings. The lowest BCUT2D eigenvalue weighted by atomic mass is 10.1. The van der Waals surface area contributed by atoms with Crippen molar-refractivity contribution in [1.82, 2.24) is 10.2 Å². The minimum absolute atomic E-state index is 0.0451. The van der Waals surface area contributed by atoms with Crippen LogP contribution in [0.3, 0.4) is 0 Å². The third-order valence-electron chi connectivity index (χ3n) is 3.82. The first-order valence-corrected chi connectivity index (χ1v) is 8.44. The van der Waals surface area contributed by atoms with E-state index in [1.807, 2.05) is 24.3 Å². The molecule has 1 heterocycles. The van der Waals surface area contributed by atoms with Gasteiger partial charge in [-0.1, -0.05) is 26.0 Å². The van der Waals surface area contributed by atoms with E-state index in [1.165, 1.54) is 12.5 Å². The second-order valence-corrected chi connectivity index (χ2v) is 6.66. The highest BCUT2D eigenvalue weighted by Gasteiger charge is 2.20. The summed E-state index contributed by atoms with van der Waals surface area (Å²) < 4.78 is 5.84. The minimum atomic E-state index is -0.0451. The molecule has 0 radical (unpaired) electrons. The second kappa shape index (κ2) is 9.01. The quantitative estimate of drug-likeness (QED) is 0.808. The summed E-state index contributed by atoms with van der Waals surface area (Å²) in [5.74, 6) is 0.653. The van der Waals surface area contributed by atoms with Crippen LogP contribution < -0.4 is 10.6 Å². The van der Waals surface area contributed by atoms with Crippen molar-refractivity contribution in [3.63, 3.8) is 0 Å². The Morgan fingerprint density at radius 2 is 2.09 bits per heavy atom. The Morgan fingerprint density at radius 3 is 2.74 bits per heavy atom. The molecule has 128 valence electrons. The van der Waals surface area contributed by atoms with Gasteiger partial charge >= 0.3 is 0 Å². The molecule has 0 saturated carbocycles. The van der Waals surface area contributed by atoms with Crippen molar-refractivity contribution in [3.05, 3.63) is 29.8 Å². The molecule has 2 rings (SSSR count). The van der Waals surface area contributed by atoms with Crippen LogP contribution in [0.2, 0.25) is 0 Å². The van der Waals surface area contributed by atoms with Crippen LogP contribution in [0.25, 0.3) is 0 Å². The number of nitrogens with zero attached hydrogens (tertiary/aromatic N) is 1. The third kappa shape index (κ3) is 6.69. The van der Waals surface area contributed by atoms with Gasteiger partial charge in [0.2, 0.25) is 5.91 Å². The lowest BCUT2D eigenvalue weighted by molar-refractivity contribution is -0.114. The molecule has 0 unspecified atom stereocenters. The maximum absolute atomic E-state index is 11.0. The van der Waals surface area contributed by atoms with Crippen molar-refractivity contribution < 1.29 is 9.53 Å². The molecule has 0 aliphatic carbocycles. The average molecular weight is 319 g/mol. The molecule has 0 spiro atoms. The molecule has 1 amide bonds. The number of rotatable bonds is 7. The van der Waals surface area contributed by atoms with Gasteiger partial charge in [-0.3, -0.25) is 9.69 Å². The Bertz CT molecular complexity index is 488. The maximum Gasteiger partial charge on any atom is 0.221 e. The van der Waals surface area contributed by atoms with Gasteiger partial charge in [-0.05, 0) is 23.6 Å². The highest BCUT2D eigenvalue weighted by atomic mass is 16.5. The Labute approximate surface area is 139 Å². The van der Waals surface area contributed by atoms with Gasteiger partial charge in [0.25, 0.3) is 0 Å². The molecule has 23 heavy (non-hydrogen) atoms. The van der Waals surface area contributed by atoms with Crippen molar-refractivity contribution in [2.75, 3.05) is 38.1 Å². The number of ether oxygens (including phenoxy) is 1. The van der Waals surface area contributed by atoms with E-state index in [-0.39, 0.29) is 12.0 Å². The largest absolute Gasteiger partial charge is 0.374 e. The van der Waals surface area contributed by atoms with E-state index in [0.29, 0.717) is 5.92 Å². The number of carbonyl (C=O) groups excluding carboxylic acids is 1.